The van der Waals surface area contributed by atoms with E-state index < -0.39 is 4.92 Å². The summed E-state index contributed by atoms with van der Waals surface area (Å²) >= 11 is 9.82. The molecule has 0 aromatic heterocycles. The lowest BCUT2D eigenvalue weighted by atomic mass is 10.3. The van der Waals surface area contributed by atoms with Gasteiger partial charge in [-0.2, -0.15) is 0 Å². The summed E-state index contributed by atoms with van der Waals surface area (Å²) in [6.07, 6.45) is 0. The third-order valence-electron chi connectivity index (χ3n) is 1.85. The van der Waals surface area contributed by atoms with Crippen molar-refractivity contribution in [3.8, 4) is 0 Å². The van der Waals surface area contributed by atoms with Crippen LogP contribution in [-0.4, -0.2) is 22.2 Å². The van der Waals surface area contributed by atoms with Crippen molar-refractivity contribution in [2.24, 2.45) is 0 Å². The first-order chi connectivity index (χ1) is 8.52. The minimum atomic E-state index is -0.465. The van der Waals surface area contributed by atoms with E-state index in [1.165, 1.54) is 12.1 Å². The Labute approximate surface area is 114 Å². The fraction of sp³-hybridized carbons (Fsp3) is 0.111. The Morgan fingerprint density at radius 1 is 1.17 bits per heavy atom. The van der Waals surface area contributed by atoms with E-state index in [9.17, 15) is 10.1 Å². The molecule has 0 unspecified atom stereocenters. The van der Waals surface area contributed by atoms with Gasteiger partial charge in [0.2, 0.25) is 0 Å². The summed E-state index contributed by atoms with van der Waals surface area (Å²) in [7, 11) is 1.67. The maximum Gasteiger partial charge on any atom is 0.269 e. The van der Waals surface area contributed by atoms with Crippen LogP contribution in [0.15, 0.2) is 24.3 Å². The maximum absolute atomic E-state index is 10.5. The molecule has 0 aliphatic heterocycles. The number of nitro benzene ring substituents is 1. The van der Waals surface area contributed by atoms with E-state index in [0.29, 0.717) is 15.9 Å². The average Bonchev–Trinajstić information content (AvgIpc) is 2.36. The SMILES string of the molecule is CNC(=S)NNC(=S)Nc1ccc([N+](=O)[O-])cc1. The molecule has 1 rings (SSSR count). The van der Waals surface area contributed by atoms with Gasteiger partial charge in [0.1, 0.15) is 0 Å². The molecule has 1 aromatic rings. The second-order valence-electron chi connectivity index (χ2n) is 3.09. The highest BCUT2D eigenvalue weighted by Crippen LogP contribution is 2.14. The molecule has 0 heterocycles. The van der Waals surface area contributed by atoms with Crippen molar-refractivity contribution >= 4 is 46.0 Å². The van der Waals surface area contributed by atoms with E-state index in [-0.39, 0.29) is 5.69 Å². The Bertz CT molecular complexity index is 463. The molecule has 9 heteroatoms. The molecule has 0 aliphatic carbocycles. The second kappa shape index (κ2) is 6.67. The summed E-state index contributed by atoms with van der Waals surface area (Å²) in [5.41, 5.74) is 5.95. The topological polar surface area (TPSA) is 91.3 Å². The largest absolute Gasteiger partial charge is 0.364 e. The molecule has 1 aromatic carbocycles. The van der Waals surface area contributed by atoms with E-state index in [4.69, 9.17) is 24.4 Å². The monoisotopic (exact) mass is 285 g/mol. The smallest absolute Gasteiger partial charge is 0.269 e. The Hall–Kier alpha value is -2.00. The Morgan fingerprint density at radius 2 is 1.72 bits per heavy atom. The number of hydrogen-bond donors (Lipinski definition) is 4. The van der Waals surface area contributed by atoms with Crippen molar-refractivity contribution in [2.75, 3.05) is 12.4 Å². The zero-order valence-corrected chi connectivity index (χ0v) is 11.0. The predicted molar refractivity (Wildman–Crippen MR) is 77.2 cm³/mol. The minimum absolute atomic E-state index is 0.0221. The summed E-state index contributed by atoms with van der Waals surface area (Å²) in [6, 6.07) is 5.89. The Balaban J connectivity index is 2.49. The van der Waals surface area contributed by atoms with E-state index in [1.54, 1.807) is 19.2 Å². The van der Waals surface area contributed by atoms with Gasteiger partial charge in [-0.15, -0.1) is 0 Å². The molecule has 7 nitrogen and oxygen atoms in total. The first-order valence-corrected chi connectivity index (χ1v) is 5.63. The summed E-state index contributed by atoms with van der Waals surface area (Å²) in [4.78, 5) is 10.00. The molecule has 0 fully saturated rings. The Morgan fingerprint density at radius 3 is 2.22 bits per heavy atom. The highest BCUT2D eigenvalue weighted by atomic mass is 32.1. The molecular formula is C9H11N5O2S2. The molecule has 4 N–H and O–H groups in total. The molecule has 0 amide bonds. The molecular weight excluding hydrogens is 274 g/mol. The molecule has 96 valence electrons. The number of thiocarbonyl (C=S) groups is 2. The number of rotatable bonds is 2. The fourth-order valence-electron chi connectivity index (χ4n) is 1.00. The lowest BCUT2D eigenvalue weighted by Gasteiger charge is -2.12. The van der Waals surface area contributed by atoms with Crippen molar-refractivity contribution in [3.63, 3.8) is 0 Å². The second-order valence-corrected chi connectivity index (χ2v) is 3.90. The zero-order chi connectivity index (χ0) is 13.5. The fourth-order valence-corrected chi connectivity index (χ4v) is 1.22. The molecule has 0 radical (unpaired) electrons. The number of nitro groups is 1. The predicted octanol–water partition coefficient (Wildman–Crippen LogP) is 0.890. The molecule has 0 saturated heterocycles. The standard InChI is InChI=1S/C9H11N5O2S2/c1-10-8(17)12-13-9(18)11-6-2-4-7(5-3-6)14(15)16/h2-5H,1H3,(H2,10,12,17)(H2,11,13,18). The van der Waals surface area contributed by atoms with Gasteiger partial charge in [-0.3, -0.25) is 21.0 Å². The van der Waals surface area contributed by atoms with E-state index in [0.717, 1.165) is 0 Å². The van der Waals surface area contributed by atoms with Gasteiger partial charge in [-0.25, -0.2) is 0 Å². The summed E-state index contributed by atoms with van der Waals surface area (Å²) in [5, 5.41) is 16.7. The number of anilines is 1. The van der Waals surface area contributed by atoms with Crippen LogP contribution in [0.5, 0.6) is 0 Å². The molecule has 18 heavy (non-hydrogen) atoms. The summed E-state index contributed by atoms with van der Waals surface area (Å²) < 4.78 is 0. The number of nitrogens with one attached hydrogen (secondary N) is 4. The molecule has 0 spiro atoms. The number of hydrazine groups is 1. The van der Waals surface area contributed by atoms with Gasteiger partial charge >= 0.3 is 0 Å². The Kier molecular flexibility index (Phi) is 5.21. The number of benzene rings is 1. The van der Waals surface area contributed by atoms with Crippen LogP contribution >= 0.6 is 24.4 Å². The van der Waals surface area contributed by atoms with Crippen LogP contribution in [-0.2, 0) is 0 Å². The van der Waals surface area contributed by atoms with Gasteiger partial charge in [0.15, 0.2) is 10.2 Å². The van der Waals surface area contributed by atoms with Crippen LogP contribution < -0.4 is 21.5 Å². The van der Waals surface area contributed by atoms with Crippen LogP contribution in [0.4, 0.5) is 11.4 Å². The van der Waals surface area contributed by atoms with Gasteiger partial charge in [-0.05, 0) is 36.6 Å². The normalized spacial score (nSPS) is 9.17. The highest BCUT2D eigenvalue weighted by Gasteiger charge is 2.04. The van der Waals surface area contributed by atoms with Crippen LogP contribution in [0.3, 0.4) is 0 Å². The van der Waals surface area contributed by atoms with Gasteiger partial charge in [0.25, 0.3) is 5.69 Å². The third kappa shape index (κ3) is 4.47. The average molecular weight is 285 g/mol. The first kappa shape index (κ1) is 14.1. The molecule has 0 saturated carbocycles. The zero-order valence-electron chi connectivity index (χ0n) is 9.39. The van der Waals surface area contributed by atoms with Crippen molar-refractivity contribution < 1.29 is 4.92 Å². The van der Waals surface area contributed by atoms with Crippen LogP contribution in [0.25, 0.3) is 0 Å². The maximum atomic E-state index is 10.5. The third-order valence-corrected chi connectivity index (χ3v) is 2.36. The van der Waals surface area contributed by atoms with Gasteiger partial charge in [0, 0.05) is 24.9 Å². The van der Waals surface area contributed by atoms with Crippen molar-refractivity contribution in [1.82, 2.24) is 16.2 Å². The van der Waals surface area contributed by atoms with Crippen LogP contribution in [0.1, 0.15) is 0 Å². The molecule has 0 atom stereocenters. The summed E-state index contributed by atoms with van der Waals surface area (Å²) in [6.45, 7) is 0. The summed E-state index contributed by atoms with van der Waals surface area (Å²) in [5.74, 6) is 0. The molecule has 0 bridgehead atoms. The van der Waals surface area contributed by atoms with Gasteiger partial charge < -0.3 is 10.6 Å². The van der Waals surface area contributed by atoms with E-state index in [2.05, 4.69) is 21.5 Å². The van der Waals surface area contributed by atoms with Crippen molar-refractivity contribution in [3.05, 3.63) is 34.4 Å². The van der Waals surface area contributed by atoms with E-state index in [1.807, 2.05) is 0 Å². The van der Waals surface area contributed by atoms with Crippen LogP contribution in [0, 0.1) is 10.1 Å². The number of nitrogens with zero attached hydrogens (tertiary/aromatic N) is 1. The van der Waals surface area contributed by atoms with E-state index >= 15 is 0 Å². The molecule has 0 aliphatic rings. The highest BCUT2D eigenvalue weighted by molar-refractivity contribution is 7.80. The number of hydrogen-bond acceptors (Lipinski definition) is 4. The van der Waals surface area contributed by atoms with Crippen molar-refractivity contribution in [1.29, 1.82) is 0 Å². The van der Waals surface area contributed by atoms with Gasteiger partial charge in [0.05, 0.1) is 4.92 Å². The minimum Gasteiger partial charge on any atom is -0.364 e. The van der Waals surface area contributed by atoms with Crippen LogP contribution in [0.2, 0.25) is 0 Å². The van der Waals surface area contributed by atoms with Crippen molar-refractivity contribution in [2.45, 2.75) is 0 Å². The lowest BCUT2D eigenvalue weighted by molar-refractivity contribution is -0.384. The lowest BCUT2D eigenvalue weighted by Crippen LogP contribution is -2.47. The van der Waals surface area contributed by atoms with Gasteiger partial charge in [-0.1, -0.05) is 0 Å². The number of non-ortho nitro benzene ring substituents is 1. The first-order valence-electron chi connectivity index (χ1n) is 4.82. The quantitative estimate of drug-likeness (QED) is 0.362.